The number of hydrogen-bond donors (Lipinski definition) is 1. The fourth-order valence-electron chi connectivity index (χ4n) is 2.11. The number of aromatic nitrogens is 3. The van der Waals surface area contributed by atoms with E-state index in [-0.39, 0.29) is 5.82 Å². The lowest BCUT2D eigenvalue weighted by Gasteiger charge is -2.09. The molecule has 3 rings (SSSR count). The Morgan fingerprint density at radius 2 is 2.10 bits per heavy atom. The molecule has 102 valence electrons. The number of aryl methyl sites for hydroxylation is 2. The van der Waals surface area contributed by atoms with E-state index in [9.17, 15) is 4.39 Å². The molecule has 0 aliphatic carbocycles. The van der Waals surface area contributed by atoms with Crippen molar-refractivity contribution in [1.82, 2.24) is 14.6 Å². The van der Waals surface area contributed by atoms with Crippen LogP contribution in [0.1, 0.15) is 16.8 Å². The summed E-state index contributed by atoms with van der Waals surface area (Å²) in [6.45, 7) is 4.45. The van der Waals surface area contributed by atoms with Crippen molar-refractivity contribution in [3.8, 4) is 0 Å². The number of benzene rings is 1. The van der Waals surface area contributed by atoms with E-state index >= 15 is 0 Å². The van der Waals surface area contributed by atoms with E-state index in [1.807, 2.05) is 26.1 Å². The summed E-state index contributed by atoms with van der Waals surface area (Å²) in [4.78, 5) is 4.34. The number of halogens is 1. The van der Waals surface area contributed by atoms with Crippen molar-refractivity contribution in [2.45, 2.75) is 20.4 Å². The average Bonchev–Trinajstić information content (AvgIpc) is 2.79. The van der Waals surface area contributed by atoms with Gasteiger partial charge in [-0.1, -0.05) is 6.07 Å². The molecule has 2 aromatic heterocycles. The summed E-state index contributed by atoms with van der Waals surface area (Å²) >= 11 is 0. The predicted molar refractivity (Wildman–Crippen MR) is 76.2 cm³/mol. The molecule has 5 heteroatoms. The molecule has 1 aromatic carbocycles. The smallest absolute Gasteiger partial charge is 0.155 e. The zero-order valence-electron chi connectivity index (χ0n) is 11.4. The Morgan fingerprint density at radius 3 is 2.95 bits per heavy atom. The maximum Gasteiger partial charge on any atom is 0.155 e. The summed E-state index contributed by atoms with van der Waals surface area (Å²) in [6.07, 6.45) is 3.73. The molecule has 4 nitrogen and oxygen atoms in total. The van der Waals surface area contributed by atoms with Crippen molar-refractivity contribution in [2.24, 2.45) is 0 Å². The van der Waals surface area contributed by atoms with Crippen LogP contribution < -0.4 is 5.32 Å². The summed E-state index contributed by atoms with van der Waals surface area (Å²) in [7, 11) is 0. The topological polar surface area (TPSA) is 42.2 Å². The molecule has 0 radical (unpaired) electrons. The molecule has 0 aliphatic heterocycles. The highest BCUT2D eigenvalue weighted by atomic mass is 19.1. The van der Waals surface area contributed by atoms with Gasteiger partial charge in [-0.2, -0.15) is 5.10 Å². The lowest BCUT2D eigenvalue weighted by atomic mass is 10.2. The Hall–Kier alpha value is -2.43. The van der Waals surface area contributed by atoms with Gasteiger partial charge in [-0.3, -0.25) is 0 Å². The van der Waals surface area contributed by atoms with Crippen LogP contribution in [-0.2, 0) is 6.54 Å². The Bertz CT molecular complexity index is 764. The van der Waals surface area contributed by atoms with Gasteiger partial charge in [0.15, 0.2) is 5.65 Å². The number of anilines is 1. The fourth-order valence-corrected chi connectivity index (χ4v) is 2.11. The fraction of sp³-hybridized carbons (Fsp3) is 0.200. The SMILES string of the molecule is Cc1cc2ncc(CNc3cc(F)ccc3C)cn2n1. The van der Waals surface area contributed by atoms with Crippen LogP contribution in [0.3, 0.4) is 0 Å². The van der Waals surface area contributed by atoms with Gasteiger partial charge in [0, 0.05) is 36.3 Å². The maximum absolute atomic E-state index is 13.2. The lowest BCUT2D eigenvalue weighted by Crippen LogP contribution is -2.03. The van der Waals surface area contributed by atoms with Crippen LogP contribution in [0.4, 0.5) is 10.1 Å². The molecular weight excluding hydrogens is 255 g/mol. The van der Waals surface area contributed by atoms with Crippen LogP contribution in [0.15, 0.2) is 36.7 Å². The van der Waals surface area contributed by atoms with Crippen molar-refractivity contribution in [3.63, 3.8) is 0 Å². The monoisotopic (exact) mass is 270 g/mol. The molecule has 0 bridgehead atoms. The van der Waals surface area contributed by atoms with Gasteiger partial charge < -0.3 is 5.32 Å². The third-order valence-electron chi connectivity index (χ3n) is 3.17. The number of hydrogen-bond acceptors (Lipinski definition) is 3. The van der Waals surface area contributed by atoms with Gasteiger partial charge >= 0.3 is 0 Å². The highest BCUT2D eigenvalue weighted by Crippen LogP contribution is 2.17. The first-order valence-corrected chi connectivity index (χ1v) is 6.43. The second-order valence-corrected chi connectivity index (χ2v) is 4.86. The molecule has 0 fully saturated rings. The van der Waals surface area contributed by atoms with Gasteiger partial charge in [0.1, 0.15) is 5.82 Å². The van der Waals surface area contributed by atoms with E-state index in [1.54, 1.807) is 16.8 Å². The van der Waals surface area contributed by atoms with E-state index in [4.69, 9.17) is 0 Å². The molecule has 0 atom stereocenters. The molecule has 0 saturated heterocycles. The van der Waals surface area contributed by atoms with Crippen LogP contribution in [0, 0.1) is 19.7 Å². The Kier molecular flexibility index (Phi) is 3.10. The van der Waals surface area contributed by atoms with Gasteiger partial charge in [0.05, 0.1) is 5.69 Å². The Morgan fingerprint density at radius 1 is 1.25 bits per heavy atom. The van der Waals surface area contributed by atoms with Gasteiger partial charge in [-0.05, 0) is 31.5 Å². The number of nitrogens with zero attached hydrogens (tertiary/aromatic N) is 3. The molecular formula is C15H15FN4. The van der Waals surface area contributed by atoms with Gasteiger partial charge in [0.2, 0.25) is 0 Å². The van der Waals surface area contributed by atoms with E-state index in [0.717, 1.165) is 28.2 Å². The van der Waals surface area contributed by atoms with Gasteiger partial charge in [0.25, 0.3) is 0 Å². The standard InChI is InChI=1S/C15H15FN4/c1-10-3-4-13(16)6-14(10)17-7-12-8-18-15-5-11(2)19-20(15)9-12/h3-6,8-9,17H,7H2,1-2H3. The molecule has 0 unspecified atom stereocenters. The second kappa shape index (κ2) is 4.92. The molecule has 3 aromatic rings. The Balaban J connectivity index is 1.80. The normalized spacial score (nSPS) is 10.9. The first-order chi connectivity index (χ1) is 9.61. The molecule has 1 N–H and O–H groups in total. The summed E-state index contributed by atoms with van der Waals surface area (Å²) in [5, 5.41) is 7.55. The first-order valence-electron chi connectivity index (χ1n) is 6.43. The van der Waals surface area contributed by atoms with Gasteiger partial charge in [-0.15, -0.1) is 0 Å². The van der Waals surface area contributed by atoms with Crippen molar-refractivity contribution < 1.29 is 4.39 Å². The van der Waals surface area contributed by atoms with E-state index in [1.165, 1.54) is 12.1 Å². The van der Waals surface area contributed by atoms with E-state index < -0.39 is 0 Å². The number of rotatable bonds is 3. The molecule has 0 spiro atoms. The van der Waals surface area contributed by atoms with Crippen molar-refractivity contribution >= 4 is 11.3 Å². The number of fused-ring (bicyclic) bond motifs is 1. The van der Waals surface area contributed by atoms with Crippen LogP contribution in [-0.4, -0.2) is 14.6 Å². The highest BCUT2D eigenvalue weighted by Gasteiger charge is 2.03. The van der Waals surface area contributed by atoms with E-state index in [2.05, 4.69) is 15.4 Å². The first kappa shape index (κ1) is 12.6. The molecule has 20 heavy (non-hydrogen) atoms. The minimum absolute atomic E-state index is 0.241. The zero-order chi connectivity index (χ0) is 14.1. The van der Waals surface area contributed by atoms with Crippen LogP contribution in [0.25, 0.3) is 5.65 Å². The predicted octanol–water partition coefficient (Wildman–Crippen LogP) is 3.10. The third kappa shape index (κ3) is 2.47. The van der Waals surface area contributed by atoms with Crippen LogP contribution in [0.5, 0.6) is 0 Å². The quantitative estimate of drug-likeness (QED) is 0.795. The summed E-state index contributed by atoms with van der Waals surface area (Å²) in [5.41, 5.74) is 4.55. The summed E-state index contributed by atoms with van der Waals surface area (Å²) in [5.74, 6) is -0.241. The molecule has 0 amide bonds. The zero-order valence-corrected chi connectivity index (χ0v) is 11.4. The minimum Gasteiger partial charge on any atom is -0.381 e. The van der Waals surface area contributed by atoms with E-state index in [0.29, 0.717) is 6.54 Å². The second-order valence-electron chi connectivity index (χ2n) is 4.86. The third-order valence-corrected chi connectivity index (χ3v) is 3.17. The molecule has 2 heterocycles. The van der Waals surface area contributed by atoms with Crippen LogP contribution in [0.2, 0.25) is 0 Å². The van der Waals surface area contributed by atoms with Crippen molar-refractivity contribution in [1.29, 1.82) is 0 Å². The highest BCUT2D eigenvalue weighted by molar-refractivity contribution is 5.51. The minimum atomic E-state index is -0.241. The van der Waals surface area contributed by atoms with Crippen LogP contribution >= 0.6 is 0 Å². The summed E-state index contributed by atoms with van der Waals surface area (Å²) < 4.78 is 15.0. The lowest BCUT2D eigenvalue weighted by molar-refractivity contribution is 0.628. The van der Waals surface area contributed by atoms with Crippen molar-refractivity contribution in [2.75, 3.05) is 5.32 Å². The Labute approximate surface area is 116 Å². The summed E-state index contributed by atoms with van der Waals surface area (Å²) in [6, 6.07) is 6.64. The molecule has 0 saturated carbocycles. The molecule has 0 aliphatic rings. The van der Waals surface area contributed by atoms with Gasteiger partial charge in [-0.25, -0.2) is 13.9 Å². The maximum atomic E-state index is 13.2. The van der Waals surface area contributed by atoms with Crippen molar-refractivity contribution in [3.05, 3.63) is 59.3 Å². The number of nitrogens with one attached hydrogen (secondary N) is 1. The average molecular weight is 270 g/mol. The largest absolute Gasteiger partial charge is 0.381 e.